The molecule has 1 atom stereocenters. The maximum Gasteiger partial charge on any atom is 0.151 e. The monoisotopic (exact) mass is 278 g/mol. The number of nitrogens with one attached hydrogen (secondary N) is 1. The fourth-order valence-corrected chi connectivity index (χ4v) is 2.28. The molecule has 0 bridgehead atoms. The van der Waals surface area contributed by atoms with Crippen LogP contribution in [0.3, 0.4) is 0 Å². The molecule has 21 heavy (non-hydrogen) atoms. The van der Waals surface area contributed by atoms with Crippen LogP contribution in [0.25, 0.3) is 0 Å². The lowest BCUT2D eigenvalue weighted by molar-refractivity contribution is -0.117. The summed E-state index contributed by atoms with van der Waals surface area (Å²) in [6, 6.07) is 21.5. The van der Waals surface area contributed by atoms with Gasteiger partial charge < -0.3 is 10.1 Å². The highest BCUT2D eigenvalue weighted by molar-refractivity contribution is 5.75. The number of benzene rings is 2. The summed E-state index contributed by atoms with van der Waals surface area (Å²) in [6.07, 6.45) is 0.806. The van der Waals surface area contributed by atoms with Crippen molar-refractivity contribution in [1.29, 1.82) is 5.26 Å². The highest BCUT2D eigenvalue weighted by atomic mass is 16.1. The van der Waals surface area contributed by atoms with Crippen molar-refractivity contribution < 1.29 is 4.79 Å². The lowest BCUT2D eigenvalue weighted by Gasteiger charge is -2.29. The van der Waals surface area contributed by atoms with Crippen molar-refractivity contribution in [3.63, 3.8) is 0 Å². The topological polar surface area (TPSA) is 52.9 Å². The van der Waals surface area contributed by atoms with Crippen LogP contribution in [-0.2, 0) is 10.3 Å². The summed E-state index contributed by atoms with van der Waals surface area (Å²) in [4.78, 5) is 11.4. The van der Waals surface area contributed by atoms with E-state index in [0.717, 1.165) is 11.3 Å². The van der Waals surface area contributed by atoms with Gasteiger partial charge in [-0.3, -0.25) is 0 Å². The molecule has 1 unspecified atom stereocenters. The van der Waals surface area contributed by atoms with Gasteiger partial charge in [-0.1, -0.05) is 48.5 Å². The van der Waals surface area contributed by atoms with Gasteiger partial charge in [0.25, 0.3) is 0 Å². The molecular formula is C18H18N2O. The van der Waals surface area contributed by atoms with E-state index < -0.39 is 5.54 Å². The molecule has 0 aliphatic heterocycles. The molecule has 106 valence electrons. The molecule has 0 radical (unpaired) electrons. The van der Waals surface area contributed by atoms with E-state index >= 15 is 0 Å². The first-order chi connectivity index (χ1) is 10.2. The normalized spacial score (nSPS) is 13.0. The Morgan fingerprint density at radius 3 is 2.19 bits per heavy atom. The van der Waals surface area contributed by atoms with Gasteiger partial charge in [0.15, 0.2) is 5.54 Å². The lowest BCUT2D eigenvalue weighted by atomic mass is 9.85. The Hall–Kier alpha value is -2.60. The summed E-state index contributed by atoms with van der Waals surface area (Å²) in [5.74, 6) is 0.0837. The molecule has 3 nitrogen and oxygen atoms in total. The second-order valence-corrected chi connectivity index (χ2v) is 5.08. The van der Waals surface area contributed by atoms with Crippen molar-refractivity contribution in [2.45, 2.75) is 25.3 Å². The number of Topliss-reactive ketones (excluding diaryl/α,β-unsaturated/α-hetero) is 1. The van der Waals surface area contributed by atoms with Gasteiger partial charge in [0.05, 0.1) is 6.07 Å². The van der Waals surface area contributed by atoms with Crippen molar-refractivity contribution in [3.05, 3.63) is 66.2 Å². The van der Waals surface area contributed by atoms with Crippen molar-refractivity contribution >= 4 is 11.5 Å². The first kappa shape index (κ1) is 14.8. The average Bonchev–Trinajstić information content (AvgIpc) is 2.53. The molecular weight excluding hydrogens is 260 g/mol. The summed E-state index contributed by atoms with van der Waals surface area (Å²) in [6.45, 7) is 1.55. The number of nitrogens with zero attached hydrogens (tertiary/aromatic N) is 1. The Morgan fingerprint density at radius 1 is 1.10 bits per heavy atom. The number of rotatable bonds is 6. The predicted molar refractivity (Wildman–Crippen MR) is 83.7 cm³/mol. The molecule has 0 amide bonds. The highest BCUT2D eigenvalue weighted by Gasteiger charge is 2.32. The zero-order chi connectivity index (χ0) is 15.1. The number of carbonyl (C=O) groups excluding carboxylic acids is 1. The maximum atomic E-state index is 11.4. The Morgan fingerprint density at radius 2 is 1.67 bits per heavy atom. The van der Waals surface area contributed by atoms with Crippen molar-refractivity contribution in [2.24, 2.45) is 0 Å². The van der Waals surface area contributed by atoms with E-state index in [4.69, 9.17) is 0 Å². The Balaban J connectivity index is 2.37. The van der Waals surface area contributed by atoms with E-state index in [1.165, 1.54) is 0 Å². The molecule has 2 aromatic carbocycles. The van der Waals surface area contributed by atoms with Gasteiger partial charge in [-0.25, -0.2) is 0 Å². The van der Waals surface area contributed by atoms with E-state index in [1.807, 2.05) is 60.7 Å². The first-order valence-corrected chi connectivity index (χ1v) is 6.96. The maximum absolute atomic E-state index is 11.4. The van der Waals surface area contributed by atoms with E-state index in [2.05, 4.69) is 11.4 Å². The standard InChI is InChI=1S/C18H18N2O/c1-15(21)12-13-18(14-19,16-8-4-2-5-9-16)20-17-10-6-3-7-11-17/h2-11,20H,12-13H2,1H3. The minimum atomic E-state index is -0.895. The van der Waals surface area contributed by atoms with Gasteiger partial charge in [0.1, 0.15) is 5.78 Å². The van der Waals surface area contributed by atoms with E-state index in [1.54, 1.807) is 6.92 Å². The third kappa shape index (κ3) is 3.70. The molecule has 0 spiro atoms. The van der Waals surface area contributed by atoms with E-state index in [-0.39, 0.29) is 5.78 Å². The van der Waals surface area contributed by atoms with Crippen LogP contribution >= 0.6 is 0 Å². The second-order valence-electron chi connectivity index (χ2n) is 5.08. The second kappa shape index (κ2) is 6.71. The van der Waals surface area contributed by atoms with Gasteiger partial charge in [-0.15, -0.1) is 0 Å². The molecule has 3 heteroatoms. The third-order valence-electron chi connectivity index (χ3n) is 3.44. The van der Waals surface area contributed by atoms with Gasteiger partial charge in [-0.2, -0.15) is 5.26 Å². The minimum absolute atomic E-state index is 0.0837. The predicted octanol–water partition coefficient (Wildman–Crippen LogP) is 3.89. The number of para-hydroxylation sites is 1. The van der Waals surface area contributed by atoms with Crippen LogP contribution in [0.15, 0.2) is 60.7 Å². The summed E-state index contributed by atoms with van der Waals surface area (Å²) in [7, 11) is 0. The number of hydrogen-bond donors (Lipinski definition) is 1. The number of nitriles is 1. The molecule has 2 rings (SSSR count). The Labute approximate surface area is 125 Å². The van der Waals surface area contributed by atoms with Gasteiger partial charge in [-0.05, 0) is 31.0 Å². The number of carbonyl (C=O) groups is 1. The third-order valence-corrected chi connectivity index (χ3v) is 3.44. The fourth-order valence-electron chi connectivity index (χ4n) is 2.28. The number of anilines is 1. The Kier molecular flexibility index (Phi) is 4.73. The van der Waals surface area contributed by atoms with Crippen molar-refractivity contribution in [3.8, 4) is 6.07 Å². The quantitative estimate of drug-likeness (QED) is 0.872. The van der Waals surface area contributed by atoms with Crippen LogP contribution in [0.1, 0.15) is 25.3 Å². The van der Waals surface area contributed by atoms with Crippen LogP contribution in [-0.4, -0.2) is 5.78 Å². The average molecular weight is 278 g/mol. The first-order valence-electron chi connectivity index (χ1n) is 6.96. The van der Waals surface area contributed by atoms with Crippen LogP contribution < -0.4 is 5.32 Å². The molecule has 0 aliphatic carbocycles. The van der Waals surface area contributed by atoms with E-state index in [0.29, 0.717) is 12.8 Å². The number of hydrogen-bond acceptors (Lipinski definition) is 3. The fraction of sp³-hybridized carbons (Fsp3) is 0.222. The highest BCUT2D eigenvalue weighted by Crippen LogP contribution is 2.30. The van der Waals surface area contributed by atoms with E-state index in [9.17, 15) is 10.1 Å². The smallest absolute Gasteiger partial charge is 0.151 e. The van der Waals surface area contributed by atoms with Crippen molar-refractivity contribution in [2.75, 3.05) is 5.32 Å². The Bertz CT molecular complexity index is 631. The van der Waals surface area contributed by atoms with Crippen LogP contribution in [0.5, 0.6) is 0 Å². The largest absolute Gasteiger partial charge is 0.364 e. The van der Waals surface area contributed by atoms with Crippen LogP contribution in [0.2, 0.25) is 0 Å². The zero-order valence-electron chi connectivity index (χ0n) is 12.0. The number of ketones is 1. The molecule has 0 heterocycles. The summed E-state index contributed by atoms with van der Waals surface area (Å²) < 4.78 is 0. The molecule has 0 aromatic heterocycles. The van der Waals surface area contributed by atoms with Crippen LogP contribution in [0.4, 0.5) is 5.69 Å². The minimum Gasteiger partial charge on any atom is -0.364 e. The molecule has 0 fully saturated rings. The van der Waals surface area contributed by atoms with Crippen LogP contribution in [0, 0.1) is 11.3 Å². The van der Waals surface area contributed by atoms with Gasteiger partial charge in [0.2, 0.25) is 0 Å². The van der Waals surface area contributed by atoms with Gasteiger partial charge in [0, 0.05) is 12.1 Å². The molecule has 2 aromatic rings. The summed E-state index contributed by atoms with van der Waals surface area (Å²) in [5, 5.41) is 13.1. The molecule has 0 saturated heterocycles. The van der Waals surface area contributed by atoms with Crippen molar-refractivity contribution in [1.82, 2.24) is 0 Å². The lowest BCUT2D eigenvalue weighted by Crippen LogP contribution is -2.34. The molecule has 0 saturated carbocycles. The SMILES string of the molecule is CC(=O)CCC(C#N)(Nc1ccccc1)c1ccccc1. The molecule has 0 aliphatic rings. The summed E-state index contributed by atoms with van der Waals surface area (Å²) in [5.41, 5.74) is 0.845. The van der Waals surface area contributed by atoms with Gasteiger partial charge >= 0.3 is 0 Å². The zero-order valence-corrected chi connectivity index (χ0v) is 12.0. The summed E-state index contributed by atoms with van der Waals surface area (Å²) >= 11 is 0. The molecule has 1 N–H and O–H groups in total.